The number of hydrogen-bond acceptors (Lipinski definition) is 4. The van der Waals surface area contributed by atoms with Gasteiger partial charge in [-0.2, -0.15) is 0 Å². The van der Waals surface area contributed by atoms with E-state index in [-0.39, 0.29) is 23.0 Å². The van der Waals surface area contributed by atoms with Gasteiger partial charge in [0.1, 0.15) is 0 Å². The van der Waals surface area contributed by atoms with Gasteiger partial charge in [0, 0.05) is 43.7 Å². The highest BCUT2D eigenvalue weighted by Crippen LogP contribution is 2.23. The van der Waals surface area contributed by atoms with Gasteiger partial charge in [0.2, 0.25) is 11.8 Å². The lowest BCUT2D eigenvalue weighted by atomic mass is 9.95. The van der Waals surface area contributed by atoms with E-state index < -0.39 is 0 Å². The second kappa shape index (κ2) is 10.3. The van der Waals surface area contributed by atoms with Gasteiger partial charge in [-0.25, -0.2) is 0 Å². The molecule has 3 rings (SSSR count). The molecule has 0 spiro atoms. The summed E-state index contributed by atoms with van der Waals surface area (Å²) >= 11 is 1.67. The first kappa shape index (κ1) is 20.4. The molecule has 2 amide bonds. The molecular formula is C22H27N3O2S. The SMILES string of the molecule is C[C@@H](SCc1ccccc1)C(=O)N1CCC(C(=O)NCc2cccnc2)CC1. The third kappa shape index (κ3) is 5.83. The van der Waals surface area contributed by atoms with Gasteiger partial charge < -0.3 is 10.2 Å². The molecular weight excluding hydrogens is 370 g/mol. The van der Waals surface area contributed by atoms with E-state index in [2.05, 4.69) is 22.4 Å². The number of carbonyl (C=O) groups excluding carboxylic acids is 2. The lowest BCUT2D eigenvalue weighted by Gasteiger charge is -2.33. The summed E-state index contributed by atoms with van der Waals surface area (Å²) in [6.45, 7) is 3.78. The first-order valence-electron chi connectivity index (χ1n) is 9.74. The maximum Gasteiger partial charge on any atom is 0.235 e. The molecule has 1 N–H and O–H groups in total. The van der Waals surface area contributed by atoms with Gasteiger partial charge >= 0.3 is 0 Å². The minimum absolute atomic E-state index is 0.0204. The van der Waals surface area contributed by atoms with Gasteiger partial charge in [-0.05, 0) is 37.0 Å². The van der Waals surface area contributed by atoms with Crippen LogP contribution in [0.3, 0.4) is 0 Å². The third-order valence-corrected chi connectivity index (χ3v) is 6.26. The van der Waals surface area contributed by atoms with Crippen LogP contribution in [0, 0.1) is 5.92 Å². The zero-order valence-electron chi connectivity index (χ0n) is 16.2. The zero-order valence-corrected chi connectivity index (χ0v) is 17.0. The molecule has 1 aliphatic heterocycles. The number of benzene rings is 1. The van der Waals surface area contributed by atoms with Crippen molar-refractivity contribution in [3.8, 4) is 0 Å². The van der Waals surface area contributed by atoms with E-state index in [1.807, 2.05) is 42.2 Å². The van der Waals surface area contributed by atoms with E-state index in [0.29, 0.717) is 19.6 Å². The fourth-order valence-corrected chi connectivity index (χ4v) is 4.25. The molecule has 2 aromatic rings. The average molecular weight is 398 g/mol. The largest absolute Gasteiger partial charge is 0.352 e. The van der Waals surface area contributed by atoms with Crippen molar-refractivity contribution in [2.45, 2.75) is 37.3 Å². The smallest absolute Gasteiger partial charge is 0.235 e. The van der Waals surface area contributed by atoms with E-state index in [1.165, 1.54) is 5.56 Å². The summed E-state index contributed by atoms with van der Waals surface area (Å²) in [6, 6.07) is 14.0. The number of rotatable bonds is 7. The molecule has 0 bridgehead atoms. The molecule has 1 aromatic carbocycles. The van der Waals surface area contributed by atoms with Crippen LogP contribution >= 0.6 is 11.8 Å². The standard InChI is InChI=1S/C22H27N3O2S/c1-17(28-16-18-6-3-2-4-7-18)22(27)25-12-9-20(10-13-25)21(26)24-15-19-8-5-11-23-14-19/h2-8,11,14,17,20H,9-10,12-13,15-16H2,1H3,(H,24,26)/t17-/m1/s1. The van der Waals surface area contributed by atoms with Gasteiger partial charge in [0.15, 0.2) is 0 Å². The molecule has 0 aliphatic carbocycles. The fraction of sp³-hybridized carbons (Fsp3) is 0.409. The van der Waals surface area contributed by atoms with Crippen molar-refractivity contribution in [3.05, 3.63) is 66.0 Å². The number of aromatic nitrogens is 1. The highest BCUT2D eigenvalue weighted by atomic mass is 32.2. The molecule has 0 unspecified atom stereocenters. The predicted octanol–water partition coefficient (Wildman–Crippen LogP) is 3.26. The monoisotopic (exact) mass is 397 g/mol. The molecule has 1 fully saturated rings. The second-order valence-corrected chi connectivity index (χ2v) is 8.45. The van der Waals surface area contributed by atoms with Crippen molar-refractivity contribution in [1.82, 2.24) is 15.2 Å². The van der Waals surface area contributed by atoms with Gasteiger partial charge in [-0.3, -0.25) is 14.6 Å². The minimum atomic E-state index is -0.0730. The number of carbonyl (C=O) groups is 2. The van der Waals surface area contributed by atoms with Crippen molar-refractivity contribution >= 4 is 23.6 Å². The Hall–Kier alpha value is -2.34. The Morgan fingerprint density at radius 2 is 1.86 bits per heavy atom. The first-order chi connectivity index (χ1) is 13.6. The number of pyridine rings is 1. The summed E-state index contributed by atoms with van der Waals surface area (Å²) in [5.74, 6) is 1.06. The topological polar surface area (TPSA) is 62.3 Å². The molecule has 1 atom stereocenters. The summed E-state index contributed by atoms with van der Waals surface area (Å²) < 4.78 is 0. The van der Waals surface area contributed by atoms with Crippen LogP contribution in [0.2, 0.25) is 0 Å². The van der Waals surface area contributed by atoms with Crippen LogP contribution in [0.5, 0.6) is 0 Å². The Bertz CT molecular complexity index is 762. The Morgan fingerprint density at radius 3 is 2.54 bits per heavy atom. The van der Waals surface area contributed by atoms with E-state index in [9.17, 15) is 9.59 Å². The quantitative estimate of drug-likeness (QED) is 0.779. The molecule has 5 nitrogen and oxygen atoms in total. The lowest BCUT2D eigenvalue weighted by Crippen LogP contribution is -2.45. The predicted molar refractivity (Wildman–Crippen MR) is 113 cm³/mol. The highest BCUT2D eigenvalue weighted by molar-refractivity contribution is 7.99. The fourth-order valence-electron chi connectivity index (χ4n) is 3.32. The number of amides is 2. The van der Waals surface area contributed by atoms with E-state index in [0.717, 1.165) is 24.2 Å². The lowest BCUT2D eigenvalue weighted by molar-refractivity contribution is -0.135. The van der Waals surface area contributed by atoms with Crippen LogP contribution in [-0.2, 0) is 21.9 Å². The number of thioether (sulfide) groups is 1. The molecule has 1 saturated heterocycles. The first-order valence-corrected chi connectivity index (χ1v) is 10.8. The van der Waals surface area contributed by atoms with E-state index >= 15 is 0 Å². The summed E-state index contributed by atoms with van der Waals surface area (Å²) in [5, 5.41) is 2.91. The van der Waals surface area contributed by atoms with Crippen LogP contribution in [0.4, 0.5) is 0 Å². The second-order valence-electron chi connectivity index (χ2n) is 7.12. The zero-order chi connectivity index (χ0) is 19.8. The van der Waals surface area contributed by atoms with Crippen LogP contribution in [0.25, 0.3) is 0 Å². The van der Waals surface area contributed by atoms with Gasteiger partial charge in [-0.1, -0.05) is 36.4 Å². The number of piperidine rings is 1. The molecule has 0 radical (unpaired) electrons. The van der Waals surface area contributed by atoms with E-state index in [1.54, 1.807) is 24.2 Å². The number of nitrogens with zero attached hydrogens (tertiary/aromatic N) is 2. The van der Waals surface area contributed by atoms with Crippen LogP contribution in [0.15, 0.2) is 54.9 Å². The number of nitrogens with one attached hydrogen (secondary N) is 1. The van der Waals surface area contributed by atoms with E-state index in [4.69, 9.17) is 0 Å². The molecule has 1 aliphatic rings. The average Bonchev–Trinajstić information content (AvgIpc) is 2.77. The summed E-state index contributed by atoms with van der Waals surface area (Å²) in [7, 11) is 0. The third-order valence-electron chi connectivity index (χ3n) is 5.06. The minimum Gasteiger partial charge on any atom is -0.352 e. The Balaban J connectivity index is 1.40. The summed E-state index contributed by atoms with van der Waals surface area (Å²) in [6.07, 6.45) is 4.93. The van der Waals surface area contributed by atoms with Crippen molar-refractivity contribution in [1.29, 1.82) is 0 Å². The Kier molecular flexibility index (Phi) is 7.48. The molecule has 0 saturated carbocycles. The summed E-state index contributed by atoms with van der Waals surface area (Å²) in [5.41, 5.74) is 2.23. The van der Waals surface area contributed by atoms with Crippen LogP contribution in [-0.4, -0.2) is 40.0 Å². The highest BCUT2D eigenvalue weighted by Gasteiger charge is 2.29. The Morgan fingerprint density at radius 1 is 1.14 bits per heavy atom. The molecule has 148 valence electrons. The van der Waals surface area contributed by atoms with Gasteiger partial charge in [0.05, 0.1) is 5.25 Å². The molecule has 2 heterocycles. The number of likely N-dealkylation sites (tertiary alicyclic amines) is 1. The maximum absolute atomic E-state index is 12.7. The molecule has 6 heteroatoms. The van der Waals surface area contributed by atoms with Gasteiger partial charge in [-0.15, -0.1) is 11.8 Å². The Labute approximate surface area is 170 Å². The van der Waals surface area contributed by atoms with Crippen molar-refractivity contribution in [2.75, 3.05) is 13.1 Å². The normalized spacial score (nSPS) is 15.8. The molecule has 28 heavy (non-hydrogen) atoms. The van der Waals surface area contributed by atoms with Crippen LogP contribution in [0.1, 0.15) is 30.9 Å². The number of hydrogen-bond donors (Lipinski definition) is 1. The van der Waals surface area contributed by atoms with Crippen molar-refractivity contribution in [3.63, 3.8) is 0 Å². The van der Waals surface area contributed by atoms with Gasteiger partial charge in [0.25, 0.3) is 0 Å². The molecule has 1 aromatic heterocycles. The van der Waals surface area contributed by atoms with Crippen molar-refractivity contribution < 1.29 is 9.59 Å². The summed E-state index contributed by atoms with van der Waals surface area (Å²) in [4.78, 5) is 31.1. The van der Waals surface area contributed by atoms with Crippen molar-refractivity contribution in [2.24, 2.45) is 5.92 Å². The van der Waals surface area contributed by atoms with Crippen LogP contribution < -0.4 is 5.32 Å². The maximum atomic E-state index is 12.7.